The maximum Gasteiger partial charge on any atom is 0.330 e. The van der Waals surface area contributed by atoms with Gasteiger partial charge in [0.05, 0.1) is 6.61 Å². The SMILES string of the molecule is O=C(C=Cc1ccc(O)c(O)c1)OCCC1CCCCC1. The number of hydrogen-bond donors (Lipinski definition) is 2. The van der Waals surface area contributed by atoms with Gasteiger partial charge in [0, 0.05) is 6.08 Å². The van der Waals surface area contributed by atoms with Crippen LogP contribution in [0.25, 0.3) is 6.08 Å². The van der Waals surface area contributed by atoms with Gasteiger partial charge < -0.3 is 14.9 Å². The van der Waals surface area contributed by atoms with E-state index in [0.717, 1.165) is 6.42 Å². The van der Waals surface area contributed by atoms with Crippen LogP contribution in [-0.4, -0.2) is 22.8 Å². The van der Waals surface area contributed by atoms with Gasteiger partial charge in [0.25, 0.3) is 0 Å². The van der Waals surface area contributed by atoms with Crippen molar-refractivity contribution in [3.8, 4) is 11.5 Å². The molecular weight excluding hydrogens is 268 g/mol. The van der Waals surface area contributed by atoms with Crippen LogP contribution >= 0.6 is 0 Å². The predicted octanol–water partition coefficient (Wildman–Crippen LogP) is 3.62. The molecule has 1 aromatic rings. The molecular formula is C17H22O4. The number of benzene rings is 1. The Morgan fingerprint density at radius 1 is 1.19 bits per heavy atom. The Kier molecular flexibility index (Phi) is 5.67. The smallest absolute Gasteiger partial charge is 0.330 e. The summed E-state index contributed by atoms with van der Waals surface area (Å²) in [6.07, 6.45) is 10.3. The van der Waals surface area contributed by atoms with Crippen molar-refractivity contribution in [1.29, 1.82) is 0 Å². The summed E-state index contributed by atoms with van der Waals surface area (Å²) in [5.41, 5.74) is 0.634. The highest BCUT2D eigenvalue weighted by atomic mass is 16.5. The molecule has 0 amide bonds. The van der Waals surface area contributed by atoms with Gasteiger partial charge in [-0.15, -0.1) is 0 Å². The van der Waals surface area contributed by atoms with Crippen molar-refractivity contribution in [2.75, 3.05) is 6.61 Å². The third kappa shape index (κ3) is 5.14. The van der Waals surface area contributed by atoms with Crippen LogP contribution < -0.4 is 0 Å². The van der Waals surface area contributed by atoms with E-state index in [1.165, 1.54) is 50.3 Å². The standard InChI is InChI=1S/C17H22O4/c18-15-8-6-14(12-16(15)19)7-9-17(20)21-11-10-13-4-2-1-3-5-13/h6-9,12-13,18-19H,1-5,10-11H2. The zero-order chi connectivity index (χ0) is 15.1. The molecule has 0 unspecified atom stereocenters. The Morgan fingerprint density at radius 2 is 1.95 bits per heavy atom. The summed E-state index contributed by atoms with van der Waals surface area (Å²) in [6.45, 7) is 0.467. The van der Waals surface area contributed by atoms with Crippen LogP contribution in [0, 0.1) is 5.92 Å². The Bertz CT molecular complexity index is 502. The molecule has 1 aromatic carbocycles. The molecule has 0 spiro atoms. The van der Waals surface area contributed by atoms with Crippen molar-refractivity contribution >= 4 is 12.0 Å². The Morgan fingerprint density at radius 3 is 2.67 bits per heavy atom. The predicted molar refractivity (Wildman–Crippen MR) is 81.0 cm³/mol. The molecule has 0 aliphatic heterocycles. The fourth-order valence-corrected chi connectivity index (χ4v) is 2.66. The number of rotatable bonds is 5. The molecule has 0 saturated heterocycles. The quantitative estimate of drug-likeness (QED) is 0.494. The fraction of sp³-hybridized carbons (Fsp3) is 0.471. The van der Waals surface area contributed by atoms with Gasteiger partial charge >= 0.3 is 5.97 Å². The molecule has 0 atom stereocenters. The largest absolute Gasteiger partial charge is 0.504 e. The summed E-state index contributed by atoms with van der Waals surface area (Å²) in [4.78, 5) is 11.6. The third-order valence-corrected chi connectivity index (χ3v) is 3.91. The molecule has 1 aliphatic rings. The Balaban J connectivity index is 1.73. The minimum atomic E-state index is -0.377. The van der Waals surface area contributed by atoms with E-state index in [2.05, 4.69) is 0 Å². The zero-order valence-corrected chi connectivity index (χ0v) is 12.1. The molecule has 114 valence electrons. The summed E-state index contributed by atoms with van der Waals surface area (Å²) in [5.74, 6) is -0.0621. The van der Waals surface area contributed by atoms with E-state index in [0.29, 0.717) is 18.1 Å². The molecule has 0 bridgehead atoms. The van der Waals surface area contributed by atoms with Gasteiger partial charge in [0.2, 0.25) is 0 Å². The molecule has 21 heavy (non-hydrogen) atoms. The number of carbonyl (C=O) groups excluding carboxylic acids is 1. The maximum atomic E-state index is 11.6. The number of phenolic OH excluding ortho intramolecular Hbond substituents is 2. The first-order chi connectivity index (χ1) is 10.1. The lowest BCUT2D eigenvalue weighted by molar-refractivity contribution is -0.138. The average molecular weight is 290 g/mol. The van der Waals surface area contributed by atoms with Gasteiger partial charge in [-0.05, 0) is 36.1 Å². The van der Waals surface area contributed by atoms with E-state index in [1.807, 2.05) is 0 Å². The van der Waals surface area contributed by atoms with Crippen LogP contribution in [0.1, 0.15) is 44.1 Å². The molecule has 1 aliphatic carbocycles. The molecule has 4 nitrogen and oxygen atoms in total. The highest BCUT2D eigenvalue weighted by Gasteiger charge is 2.13. The van der Waals surface area contributed by atoms with Crippen molar-refractivity contribution in [2.24, 2.45) is 5.92 Å². The van der Waals surface area contributed by atoms with Gasteiger partial charge in [0.1, 0.15) is 0 Å². The summed E-state index contributed by atoms with van der Waals surface area (Å²) < 4.78 is 5.18. The van der Waals surface area contributed by atoms with Crippen LogP contribution in [0.4, 0.5) is 0 Å². The van der Waals surface area contributed by atoms with Gasteiger partial charge in [-0.3, -0.25) is 0 Å². The maximum absolute atomic E-state index is 11.6. The first-order valence-corrected chi connectivity index (χ1v) is 7.52. The number of carbonyl (C=O) groups is 1. The fourth-order valence-electron chi connectivity index (χ4n) is 2.66. The Hall–Kier alpha value is -1.97. The third-order valence-electron chi connectivity index (χ3n) is 3.91. The second-order valence-corrected chi connectivity index (χ2v) is 5.54. The topological polar surface area (TPSA) is 66.8 Å². The minimum absolute atomic E-state index is 0.179. The summed E-state index contributed by atoms with van der Waals surface area (Å²) >= 11 is 0. The summed E-state index contributed by atoms with van der Waals surface area (Å²) in [7, 11) is 0. The van der Waals surface area contributed by atoms with Gasteiger partial charge in [-0.25, -0.2) is 4.79 Å². The van der Waals surface area contributed by atoms with E-state index in [9.17, 15) is 15.0 Å². The highest BCUT2D eigenvalue weighted by Crippen LogP contribution is 2.26. The molecule has 4 heteroatoms. The number of esters is 1. The van der Waals surface area contributed by atoms with Crippen LogP contribution in [0.5, 0.6) is 11.5 Å². The lowest BCUT2D eigenvalue weighted by Crippen LogP contribution is -2.11. The zero-order valence-electron chi connectivity index (χ0n) is 12.1. The van der Waals surface area contributed by atoms with E-state index >= 15 is 0 Å². The van der Waals surface area contributed by atoms with Gasteiger partial charge in [-0.1, -0.05) is 38.2 Å². The Labute approximate surface area is 125 Å². The first kappa shape index (κ1) is 15.4. The van der Waals surface area contributed by atoms with E-state index in [4.69, 9.17) is 4.74 Å². The molecule has 1 saturated carbocycles. The highest BCUT2D eigenvalue weighted by molar-refractivity contribution is 5.87. The van der Waals surface area contributed by atoms with E-state index in [-0.39, 0.29) is 17.5 Å². The molecule has 0 heterocycles. The van der Waals surface area contributed by atoms with E-state index in [1.54, 1.807) is 12.1 Å². The van der Waals surface area contributed by atoms with Crippen molar-refractivity contribution in [2.45, 2.75) is 38.5 Å². The van der Waals surface area contributed by atoms with Crippen molar-refractivity contribution in [3.63, 3.8) is 0 Å². The van der Waals surface area contributed by atoms with Gasteiger partial charge in [-0.2, -0.15) is 0 Å². The molecule has 2 N–H and O–H groups in total. The van der Waals surface area contributed by atoms with Gasteiger partial charge in [0.15, 0.2) is 11.5 Å². The van der Waals surface area contributed by atoms with Crippen molar-refractivity contribution < 1.29 is 19.7 Å². The van der Waals surface area contributed by atoms with Crippen LogP contribution in [0.2, 0.25) is 0 Å². The number of phenols is 2. The van der Waals surface area contributed by atoms with Crippen molar-refractivity contribution in [3.05, 3.63) is 29.8 Å². The minimum Gasteiger partial charge on any atom is -0.504 e. The van der Waals surface area contributed by atoms with Crippen molar-refractivity contribution in [1.82, 2.24) is 0 Å². The molecule has 2 rings (SSSR count). The van der Waals surface area contributed by atoms with E-state index < -0.39 is 0 Å². The number of aromatic hydroxyl groups is 2. The second-order valence-electron chi connectivity index (χ2n) is 5.54. The number of ether oxygens (including phenoxy) is 1. The number of hydrogen-bond acceptors (Lipinski definition) is 4. The molecule has 0 radical (unpaired) electrons. The van der Waals surface area contributed by atoms with Crippen LogP contribution in [0.15, 0.2) is 24.3 Å². The summed E-state index contributed by atoms with van der Waals surface area (Å²) in [6, 6.07) is 4.38. The normalized spacial score (nSPS) is 16.2. The average Bonchev–Trinajstić information content (AvgIpc) is 2.49. The first-order valence-electron chi connectivity index (χ1n) is 7.52. The second kappa shape index (κ2) is 7.72. The molecule has 0 aromatic heterocycles. The summed E-state index contributed by atoms with van der Waals surface area (Å²) in [5, 5.41) is 18.5. The lowest BCUT2D eigenvalue weighted by atomic mass is 9.87. The van der Waals surface area contributed by atoms with Crippen LogP contribution in [0.3, 0.4) is 0 Å². The molecule has 1 fully saturated rings. The van der Waals surface area contributed by atoms with Crippen LogP contribution in [-0.2, 0) is 9.53 Å². The lowest BCUT2D eigenvalue weighted by Gasteiger charge is -2.20. The monoisotopic (exact) mass is 290 g/mol.